The first-order valence-electron chi connectivity index (χ1n) is 10.0. The average Bonchev–Trinajstić information content (AvgIpc) is 3.18. The summed E-state index contributed by atoms with van der Waals surface area (Å²) in [6, 6.07) is 11.6. The number of fused-ring (bicyclic) bond motifs is 1. The first-order valence-corrected chi connectivity index (χ1v) is 10.0. The maximum atomic E-state index is 9.57. The fourth-order valence-corrected chi connectivity index (χ4v) is 4.09. The van der Waals surface area contributed by atoms with E-state index in [1.165, 1.54) is 11.1 Å². The van der Waals surface area contributed by atoms with Crippen LogP contribution in [-0.2, 0) is 0 Å². The van der Waals surface area contributed by atoms with Crippen LogP contribution in [0.4, 0.5) is 5.82 Å². The van der Waals surface area contributed by atoms with Gasteiger partial charge in [0.15, 0.2) is 0 Å². The van der Waals surface area contributed by atoms with Crippen molar-refractivity contribution in [3.63, 3.8) is 0 Å². The highest BCUT2D eigenvalue weighted by Crippen LogP contribution is 2.39. The number of nitrogens with zero attached hydrogens (tertiary/aromatic N) is 4. The van der Waals surface area contributed by atoms with E-state index in [0.717, 1.165) is 48.8 Å². The number of pyridine rings is 1. The van der Waals surface area contributed by atoms with Crippen LogP contribution in [0.1, 0.15) is 11.1 Å². The molecule has 5 rings (SSSR count). The molecule has 1 saturated heterocycles. The van der Waals surface area contributed by atoms with Gasteiger partial charge in [-0.15, -0.1) is 0 Å². The minimum Gasteiger partial charge on any atom is -0.508 e. The topological polar surface area (TPSA) is 52.0 Å². The molecule has 1 aromatic heterocycles. The van der Waals surface area contributed by atoms with Gasteiger partial charge in [0, 0.05) is 50.1 Å². The second kappa shape index (κ2) is 7.33. The van der Waals surface area contributed by atoms with Gasteiger partial charge in [0.25, 0.3) is 0 Å². The van der Waals surface area contributed by atoms with Gasteiger partial charge < -0.3 is 14.9 Å². The smallest absolute Gasteiger partial charge is 0.128 e. The first-order chi connectivity index (χ1) is 14.2. The van der Waals surface area contributed by atoms with Crippen molar-refractivity contribution in [3.8, 4) is 5.75 Å². The van der Waals surface area contributed by atoms with Gasteiger partial charge in [0.1, 0.15) is 11.6 Å². The van der Waals surface area contributed by atoms with E-state index in [9.17, 15) is 5.11 Å². The Morgan fingerprint density at radius 3 is 2.41 bits per heavy atom. The molecule has 29 heavy (non-hydrogen) atoms. The lowest BCUT2D eigenvalue weighted by molar-refractivity contribution is 0.312. The molecule has 0 radical (unpaired) electrons. The zero-order valence-electron chi connectivity index (χ0n) is 16.5. The number of allylic oxidation sites excluding steroid dienone is 5. The molecular weight excluding hydrogens is 360 g/mol. The number of anilines is 1. The van der Waals surface area contributed by atoms with Crippen molar-refractivity contribution < 1.29 is 5.11 Å². The van der Waals surface area contributed by atoms with Crippen molar-refractivity contribution in [3.05, 3.63) is 77.5 Å². The number of aliphatic imine (C=N–C) groups is 1. The number of hydrogen-bond acceptors (Lipinski definition) is 5. The predicted octanol–water partition coefficient (Wildman–Crippen LogP) is 3.60. The van der Waals surface area contributed by atoms with Crippen LogP contribution in [0, 0.1) is 5.92 Å². The molecule has 1 aliphatic carbocycles. The van der Waals surface area contributed by atoms with Crippen LogP contribution in [0.5, 0.6) is 5.75 Å². The van der Waals surface area contributed by atoms with Crippen LogP contribution in [0.3, 0.4) is 0 Å². The second-order valence-corrected chi connectivity index (χ2v) is 7.82. The molecule has 3 aliphatic rings. The van der Waals surface area contributed by atoms with E-state index in [1.54, 1.807) is 12.1 Å². The quantitative estimate of drug-likeness (QED) is 0.878. The Balaban J connectivity index is 1.37. The average molecular weight is 384 g/mol. The Bertz CT molecular complexity index is 1020. The summed E-state index contributed by atoms with van der Waals surface area (Å²) < 4.78 is 0. The van der Waals surface area contributed by atoms with Crippen LogP contribution in [0.25, 0.3) is 11.3 Å². The molecule has 1 atom stereocenters. The Kier molecular flexibility index (Phi) is 4.52. The highest BCUT2D eigenvalue weighted by atomic mass is 16.3. The molecule has 0 bridgehead atoms. The molecule has 0 saturated carbocycles. The van der Waals surface area contributed by atoms with Crippen LogP contribution in [0.2, 0.25) is 0 Å². The number of aromatic hydroxyl groups is 1. The summed E-state index contributed by atoms with van der Waals surface area (Å²) in [6.07, 6.45) is 10.4. The van der Waals surface area contributed by atoms with Crippen LogP contribution < -0.4 is 4.90 Å². The summed E-state index contributed by atoms with van der Waals surface area (Å²) >= 11 is 0. The molecule has 0 amide bonds. The van der Waals surface area contributed by atoms with Gasteiger partial charge in [0.05, 0.1) is 5.70 Å². The van der Waals surface area contributed by atoms with Gasteiger partial charge in [-0.1, -0.05) is 24.3 Å². The third kappa shape index (κ3) is 3.49. The van der Waals surface area contributed by atoms with Gasteiger partial charge in [-0.3, -0.25) is 4.99 Å². The lowest BCUT2D eigenvalue weighted by atomic mass is 9.88. The van der Waals surface area contributed by atoms with Crippen molar-refractivity contribution in [2.45, 2.75) is 0 Å². The molecule has 2 aliphatic heterocycles. The molecule has 1 fully saturated rings. The summed E-state index contributed by atoms with van der Waals surface area (Å²) in [4.78, 5) is 14.1. The third-order valence-electron chi connectivity index (χ3n) is 5.90. The van der Waals surface area contributed by atoms with Gasteiger partial charge in [0.2, 0.25) is 0 Å². The number of hydrogen-bond donors (Lipinski definition) is 1. The molecular formula is C24H24N4O. The normalized spacial score (nSPS) is 21.5. The fourth-order valence-electron chi connectivity index (χ4n) is 4.09. The number of rotatable bonds is 3. The minimum atomic E-state index is 0.185. The maximum Gasteiger partial charge on any atom is 0.128 e. The maximum absolute atomic E-state index is 9.57. The van der Waals surface area contributed by atoms with Crippen molar-refractivity contribution in [1.29, 1.82) is 0 Å². The zero-order chi connectivity index (χ0) is 19.8. The van der Waals surface area contributed by atoms with E-state index in [1.807, 2.05) is 24.5 Å². The molecule has 1 N–H and O–H groups in total. The molecule has 5 nitrogen and oxygen atoms in total. The summed E-state index contributed by atoms with van der Waals surface area (Å²) in [5.41, 5.74) is 5.53. The van der Waals surface area contributed by atoms with Gasteiger partial charge in [-0.2, -0.15) is 0 Å². The molecule has 3 heterocycles. The van der Waals surface area contributed by atoms with E-state index in [4.69, 9.17) is 4.98 Å². The largest absolute Gasteiger partial charge is 0.508 e. The highest BCUT2D eigenvalue weighted by Gasteiger charge is 2.25. The first kappa shape index (κ1) is 17.9. The van der Waals surface area contributed by atoms with E-state index >= 15 is 0 Å². The van der Waals surface area contributed by atoms with Crippen molar-refractivity contribution in [1.82, 2.24) is 9.88 Å². The van der Waals surface area contributed by atoms with E-state index in [-0.39, 0.29) is 11.7 Å². The SMILES string of the molecule is CN1CCN(c2ccc(C3=CC4C(=CC=C4c4ccc(O)cc4)C=N3)cn2)CC1. The standard InChI is InChI=1S/C24H24N4O/c1-27-10-12-28(13-11-27)24-9-5-19(16-26-24)23-14-22-18(15-25-23)4-8-21(22)17-2-6-20(29)7-3-17/h2-9,14-16,22,29H,10-13H2,1H3. The number of phenolic OH excluding ortho intramolecular Hbond substituents is 1. The van der Waals surface area contributed by atoms with Crippen LogP contribution >= 0.6 is 0 Å². The van der Waals surface area contributed by atoms with Gasteiger partial charge in [-0.25, -0.2) is 4.98 Å². The molecule has 1 unspecified atom stereocenters. The van der Waals surface area contributed by atoms with Gasteiger partial charge >= 0.3 is 0 Å². The summed E-state index contributed by atoms with van der Waals surface area (Å²) in [5.74, 6) is 1.51. The molecule has 2 aromatic rings. The number of aromatic nitrogens is 1. The van der Waals surface area contributed by atoms with Crippen molar-refractivity contribution in [2.24, 2.45) is 10.9 Å². The zero-order valence-corrected chi connectivity index (χ0v) is 16.5. The van der Waals surface area contributed by atoms with E-state index in [2.05, 4.69) is 52.2 Å². The summed E-state index contributed by atoms with van der Waals surface area (Å²) in [5, 5.41) is 9.57. The molecule has 0 spiro atoms. The Hall–Kier alpha value is -3.18. The van der Waals surface area contributed by atoms with Crippen LogP contribution in [0.15, 0.2) is 71.4 Å². The summed E-state index contributed by atoms with van der Waals surface area (Å²) in [7, 11) is 2.16. The molecule has 146 valence electrons. The van der Waals surface area contributed by atoms with Crippen LogP contribution in [-0.4, -0.2) is 54.4 Å². The number of piperazine rings is 1. The molecule has 1 aromatic carbocycles. The summed E-state index contributed by atoms with van der Waals surface area (Å²) in [6.45, 7) is 4.17. The highest BCUT2D eigenvalue weighted by molar-refractivity contribution is 5.97. The fraction of sp³-hybridized carbons (Fsp3) is 0.250. The Labute approximate surface area is 171 Å². The lowest BCUT2D eigenvalue weighted by Gasteiger charge is -2.33. The number of likely N-dealkylation sites (N-methyl/N-ethyl adjacent to an activating group) is 1. The number of benzene rings is 1. The minimum absolute atomic E-state index is 0.185. The Morgan fingerprint density at radius 2 is 1.69 bits per heavy atom. The van der Waals surface area contributed by atoms with Gasteiger partial charge in [-0.05, 0) is 54.1 Å². The second-order valence-electron chi connectivity index (χ2n) is 7.82. The number of phenols is 1. The van der Waals surface area contributed by atoms with E-state index < -0.39 is 0 Å². The van der Waals surface area contributed by atoms with Crippen molar-refractivity contribution in [2.75, 3.05) is 38.1 Å². The van der Waals surface area contributed by atoms with Crippen molar-refractivity contribution >= 4 is 23.3 Å². The lowest BCUT2D eigenvalue weighted by Crippen LogP contribution is -2.44. The monoisotopic (exact) mass is 384 g/mol. The molecule has 5 heteroatoms. The Morgan fingerprint density at radius 1 is 0.931 bits per heavy atom. The third-order valence-corrected chi connectivity index (χ3v) is 5.90. The van der Waals surface area contributed by atoms with E-state index in [0.29, 0.717) is 0 Å². The predicted molar refractivity (Wildman–Crippen MR) is 118 cm³/mol.